The summed E-state index contributed by atoms with van der Waals surface area (Å²) in [6.45, 7) is 3.29. The largest absolute Gasteiger partial charge is 0.355 e. The van der Waals surface area contributed by atoms with Crippen molar-refractivity contribution in [2.45, 2.75) is 25.8 Å². The van der Waals surface area contributed by atoms with Crippen LogP contribution in [0, 0.1) is 5.92 Å². The first kappa shape index (κ1) is 13.6. The van der Waals surface area contributed by atoms with Crippen LogP contribution in [0.5, 0.6) is 0 Å². The van der Waals surface area contributed by atoms with E-state index < -0.39 is 0 Å². The molecule has 1 aromatic rings. The Hall–Kier alpha value is -0.870. The predicted molar refractivity (Wildman–Crippen MR) is 76.3 cm³/mol. The Morgan fingerprint density at radius 3 is 2.67 bits per heavy atom. The summed E-state index contributed by atoms with van der Waals surface area (Å²) in [6.07, 6.45) is 2.53. The molecule has 0 saturated heterocycles. The maximum Gasteiger partial charge on any atom is 0.233 e. The smallest absolute Gasteiger partial charge is 0.233 e. The van der Waals surface area contributed by atoms with E-state index in [2.05, 4.69) is 45.6 Å². The van der Waals surface area contributed by atoms with Gasteiger partial charge in [0.15, 0.2) is 0 Å². The fourth-order valence-corrected chi connectivity index (χ4v) is 2.02. The van der Waals surface area contributed by atoms with Gasteiger partial charge in [0.05, 0.1) is 6.54 Å². The number of hydrogen-bond donors (Lipinski definition) is 2. The average Bonchev–Trinajstić information content (AvgIpc) is 3.18. The van der Waals surface area contributed by atoms with Gasteiger partial charge in [0.1, 0.15) is 0 Å². The summed E-state index contributed by atoms with van der Waals surface area (Å²) in [6, 6.07) is 8.33. The third-order valence-corrected chi connectivity index (χ3v) is 3.75. The molecule has 0 spiro atoms. The van der Waals surface area contributed by atoms with Crippen molar-refractivity contribution in [2.24, 2.45) is 5.92 Å². The molecule has 0 radical (unpaired) electrons. The number of nitrogens with one attached hydrogen (secondary N) is 2. The molecular formula is C14H19BrN2O. The second-order valence-corrected chi connectivity index (χ2v) is 5.82. The lowest BCUT2D eigenvalue weighted by Crippen LogP contribution is -2.36. The number of rotatable bonds is 6. The van der Waals surface area contributed by atoms with Crippen molar-refractivity contribution in [1.29, 1.82) is 0 Å². The van der Waals surface area contributed by atoms with E-state index in [0.29, 0.717) is 6.54 Å². The zero-order chi connectivity index (χ0) is 13.0. The molecule has 3 nitrogen and oxygen atoms in total. The van der Waals surface area contributed by atoms with Gasteiger partial charge < -0.3 is 10.6 Å². The molecule has 0 aromatic heterocycles. The van der Waals surface area contributed by atoms with Crippen LogP contribution in [0.3, 0.4) is 0 Å². The highest BCUT2D eigenvalue weighted by Crippen LogP contribution is 2.27. The second kappa shape index (κ2) is 6.34. The zero-order valence-electron chi connectivity index (χ0n) is 10.6. The van der Waals surface area contributed by atoms with E-state index in [1.807, 2.05) is 12.1 Å². The van der Waals surface area contributed by atoms with E-state index in [1.165, 1.54) is 18.4 Å². The number of halogens is 1. The first-order chi connectivity index (χ1) is 8.65. The van der Waals surface area contributed by atoms with Crippen molar-refractivity contribution in [1.82, 2.24) is 10.6 Å². The van der Waals surface area contributed by atoms with Crippen molar-refractivity contribution >= 4 is 21.8 Å². The number of benzene rings is 1. The van der Waals surface area contributed by atoms with Gasteiger partial charge in [-0.15, -0.1) is 0 Å². The molecule has 1 aromatic carbocycles. The minimum absolute atomic E-state index is 0.0888. The molecule has 1 fully saturated rings. The molecule has 4 heteroatoms. The molecule has 98 valence electrons. The quantitative estimate of drug-likeness (QED) is 0.848. The van der Waals surface area contributed by atoms with Gasteiger partial charge in [-0.2, -0.15) is 0 Å². The highest BCUT2D eigenvalue weighted by molar-refractivity contribution is 9.10. The number of carbonyl (C=O) groups is 1. The fourth-order valence-electron chi connectivity index (χ4n) is 1.76. The van der Waals surface area contributed by atoms with Crippen LogP contribution in [-0.2, 0) is 4.79 Å². The lowest BCUT2D eigenvalue weighted by atomic mass is 10.1. The van der Waals surface area contributed by atoms with E-state index in [1.54, 1.807) is 0 Å². The first-order valence-corrected chi connectivity index (χ1v) is 7.20. The van der Waals surface area contributed by atoms with E-state index in [0.717, 1.165) is 16.9 Å². The molecule has 0 unspecified atom stereocenters. The van der Waals surface area contributed by atoms with Crippen molar-refractivity contribution < 1.29 is 4.79 Å². The third-order valence-electron chi connectivity index (χ3n) is 3.22. The summed E-state index contributed by atoms with van der Waals surface area (Å²) < 4.78 is 1.07. The number of carbonyl (C=O) groups excluding carboxylic acids is 1. The maximum atomic E-state index is 11.6. The summed E-state index contributed by atoms with van der Waals surface area (Å²) in [5.74, 6) is 0.823. The molecule has 1 amide bonds. The monoisotopic (exact) mass is 310 g/mol. The lowest BCUT2D eigenvalue weighted by Gasteiger charge is -2.14. The summed E-state index contributed by atoms with van der Waals surface area (Å²) >= 11 is 3.41. The Bertz CT molecular complexity index is 401. The van der Waals surface area contributed by atoms with Crippen LogP contribution in [0.15, 0.2) is 28.7 Å². The zero-order valence-corrected chi connectivity index (χ0v) is 12.2. The molecule has 1 aliphatic carbocycles. The van der Waals surface area contributed by atoms with Crippen LogP contribution in [0.4, 0.5) is 0 Å². The van der Waals surface area contributed by atoms with E-state index in [-0.39, 0.29) is 11.9 Å². The van der Waals surface area contributed by atoms with E-state index in [4.69, 9.17) is 0 Å². The van der Waals surface area contributed by atoms with Gasteiger partial charge in [-0.3, -0.25) is 4.79 Å². The van der Waals surface area contributed by atoms with Gasteiger partial charge in [0.2, 0.25) is 5.91 Å². The summed E-state index contributed by atoms with van der Waals surface area (Å²) in [5.41, 5.74) is 1.19. The molecule has 18 heavy (non-hydrogen) atoms. The molecule has 2 rings (SSSR count). The Morgan fingerprint density at radius 1 is 1.39 bits per heavy atom. The molecule has 0 heterocycles. The van der Waals surface area contributed by atoms with Crippen molar-refractivity contribution in [3.63, 3.8) is 0 Å². The van der Waals surface area contributed by atoms with Crippen molar-refractivity contribution in [3.8, 4) is 0 Å². The topological polar surface area (TPSA) is 41.1 Å². The molecule has 1 aliphatic rings. The lowest BCUT2D eigenvalue weighted by molar-refractivity contribution is -0.120. The number of hydrogen-bond acceptors (Lipinski definition) is 2. The summed E-state index contributed by atoms with van der Waals surface area (Å²) in [5, 5.41) is 6.19. The van der Waals surface area contributed by atoms with Crippen LogP contribution in [0.1, 0.15) is 31.4 Å². The second-order valence-electron chi connectivity index (χ2n) is 4.90. The van der Waals surface area contributed by atoms with Gasteiger partial charge in [0.25, 0.3) is 0 Å². The summed E-state index contributed by atoms with van der Waals surface area (Å²) in [4.78, 5) is 11.6. The molecule has 0 bridgehead atoms. The summed E-state index contributed by atoms with van der Waals surface area (Å²) in [7, 11) is 0. The maximum absolute atomic E-state index is 11.6. The van der Waals surface area contributed by atoms with Crippen LogP contribution < -0.4 is 10.6 Å². The van der Waals surface area contributed by atoms with Crippen LogP contribution in [0.25, 0.3) is 0 Å². The van der Waals surface area contributed by atoms with Gasteiger partial charge in [0, 0.05) is 17.1 Å². The minimum Gasteiger partial charge on any atom is -0.355 e. The van der Waals surface area contributed by atoms with Crippen molar-refractivity contribution in [2.75, 3.05) is 13.1 Å². The van der Waals surface area contributed by atoms with Crippen LogP contribution in [0.2, 0.25) is 0 Å². The molecule has 2 N–H and O–H groups in total. The fraction of sp³-hybridized carbons (Fsp3) is 0.500. The average molecular weight is 311 g/mol. The molecule has 1 atom stereocenters. The number of amides is 1. The Morgan fingerprint density at radius 2 is 2.06 bits per heavy atom. The van der Waals surface area contributed by atoms with E-state index in [9.17, 15) is 4.79 Å². The van der Waals surface area contributed by atoms with Crippen molar-refractivity contribution in [3.05, 3.63) is 34.3 Å². The Balaban J connectivity index is 1.71. The molecule has 1 saturated carbocycles. The normalized spacial score (nSPS) is 16.3. The Kier molecular flexibility index (Phi) is 4.78. The molecular weight excluding hydrogens is 292 g/mol. The van der Waals surface area contributed by atoms with Crippen LogP contribution >= 0.6 is 15.9 Å². The highest BCUT2D eigenvalue weighted by Gasteiger charge is 2.21. The van der Waals surface area contributed by atoms with Gasteiger partial charge in [-0.1, -0.05) is 28.1 Å². The highest BCUT2D eigenvalue weighted by atomic mass is 79.9. The minimum atomic E-state index is 0.0888. The van der Waals surface area contributed by atoms with Crippen LogP contribution in [-0.4, -0.2) is 19.0 Å². The predicted octanol–water partition coefficient (Wildman–Crippen LogP) is 2.63. The van der Waals surface area contributed by atoms with Gasteiger partial charge in [-0.05, 0) is 43.4 Å². The first-order valence-electron chi connectivity index (χ1n) is 6.40. The van der Waals surface area contributed by atoms with Gasteiger partial charge in [-0.25, -0.2) is 0 Å². The SMILES string of the molecule is C[C@H](NCC(=O)NCC1CC1)c1ccc(Br)cc1. The standard InChI is InChI=1S/C14H19BrN2O/c1-10(12-4-6-13(15)7-5-12)16-9-14(18)17-8-11-2-3-11/h4-7,10-11,16H,2-3,8-9H2,1H3,(H,17,18)/t10-/m0/s1. The molecule has 0 aliphatic heterocycles. The third kappa shape index (κ3) is 4.42. The Labute approximate surface area is 116 Å². The van der Waals surface area contributed by atoms with Gasteiger partial charge >= 0.3 is 0 Å². The van der Waals surface area contributed by atoms with E-state index >= 15 is 0 Å².